The summed E-state index contributed by atoms with van der Waals surface area (Å²) in [5.74, 6) is 0.105. The molecule has 0 saturated carbocycles. The Labute approximate surface area is 160 Å². The van der Waals surface area contributed by atoms with Crippen LogP contribution in [0.2, 0.25) is 0 Å². The Morgan fingerprint density at radius 2 is 1.79 bits per heavy atom. The maximum atomic E-state index is 15.3. The maximum absolute atomic E-state index is 15.3. The summed E-state index contributed by atoms with van der Waals surface area (Å²) in [6, 6.07) is 5.46. The van der Waals surface area contributed by atoms with Crippen molar-refractivity contribution in [2.45, 2.75) is 20.8 Å². The van der Waals surface area contributed by atoms with E-state index in [0.717, 1.165) is 5.56 Å². The molecule has 2 N–H and O–H groups in total. The molecule has 0 spiro atoms. The van der Waals surface area contributed by atoms with Gasteiger partial charge in [-0.3, -0.25) is 0 Å². The van der Waals surface area contributed by atoms with E-state index in [1.807, 2.05) is 6.92 Å². The summed E-state index contributed by atoms with van der Waals surface area (Å²) >= 11 is 0. The van der Waals surface area contributed by atoms with E-state index in [2.05, 4.69) is 26.0 Å². The van der Waals surface area contributed by atoms with Crippen molar-refractivity contribution in [1.29, 1.82) is 5.26 Å². The highest BCUT2D eigenvalue weighted by Gasteiger charge is 2.22. The lowest BCUT2D eigenvalue weighted by Gasteiger charge is -2.13. The fourth-order valence-corrected chi connectivity index (χ4v) is 3.39. The topological polar surface area (TPSA) is 98.5 Å². The molecule has 7 heteroatoms. The van der Waals surface area contributed by atoms with Gasteiger partial charge in [-0.2, -0.15) is 5.26 Å². The number of aromatic hydroxyl groups is 1. The number of fused-ring (bicyclic) bond motifs is 1. The molecule has 3 aromatic heterocycles. The summed E-state index contributed by atoms with van der Waals surface area (Å²) in [6.07, 6.45) is 4.57. The number of rotatable bonds is 2. The Morgan fingerprint density at radius 1 is 1.07 bits per heavy atom. The molecule has 0 unspecified atom stereocenters. The lowest BCUT2D eigenvalue weighted by Crippen LogP contribution is -1.95. The van der Waals surface area contributed by atoms with Gasteiger partial charge in [0.25, 0.3) is 0 Å². The number of halogens is 1. The molecule has 138 valence electrons. The number of phenols is 1. The molecular weight excluding hydrogens is 357 g/mol. The van der Waals surface area contributed by atoms with Crippen molar-refractivity contribution in [1.82, 2.24) is 19.9 Å². The lowest BCUT2D eigenvalue weighted by atomic mass is 9.92. The van der Waals surface area contributed by atoms with Gasteiger partial charge in [0.2, 0.25) is 0 Å². The summed E-state index contributed by atoms with van der Waals surface area (Å²) < 4.78 is 15.3. The van der Waals surface area contributed by atoms with Crippen LogP contribution in [0.15, 0.2) is 30.7 Å². The van der Waals surface area contributed by atoms with Crippen molar-refractivity contribution in [3.63, 3.8) is 0 Å². The molecule has 0 bridgehead atoms. The van der Waals surface area contributed by atoms with Crippen LogP contribution in [0.3, 0.4) is 0 Å². The second-order valence-corrected chi connectivity index (χ2v) is 6.62. The van der Waals surface area contributed by atoms with Crippen LogP contribution in [0, 0.1) is 37.9 Å². The highest BCUT2D eigenvalue weighted by molar-refractivity contribution is 5.95. The maximum Gasteiger partial charge on any atom is 0.159 e. The van der Waals surface area contributed by atoms with Crippen molar-refractivity contribution in [2.75, 3.05) is 0 Å². The van der Waals surface area contributed by atoms with E-state index in [0.29, 0.717) is 28.1 Å². The van der Waals surface area contributed by atoms with Gasteiger partial charge >= 0.3 is 0 Å². The molecule has 0 radical (unpaired) electrons. The van der Waals surface area contributed by atoms with Gasteiger partial charge < -0.3 is 10.1 Å². The van der Waals surface area contributed by atoms with Gasteiger partial charge in [0.15, 0.2) is 5.82 Å². The molecular formula is C21H16FN5O. The predicted molar refractivity (Wildman–Crippen MR) is 103 cm³/mol. The predicted octanol–water partition coefficient (Wildman–Crippen LogP) is 4.33. The van der Waals surface area contributed by atoms with E-state index in [9.17, 15) is 10.4 Å². The zero-order chi connectivity index (χ0) is 20.0. The molecule has 0 fully saturated rings. The smallest absolute Gasteiger partial charge is 0.159 e. The number of nitrogens with zero attached hydrogens (tertiary/aromatic N) is 4. The van der Waals surface area contributed by atoms with Crippen LogP contribution in [-0.2, 0) is 0 Å². The number of phenolic OH excluding ortho intramolecular Hbond substituents is 1. The van der Waals surface area contributed by atoms with Gasteiger partial charge in [0.1, 0.15) is 23.3 Å². The highest BCUT2D eigenvalue weighted by atomic mass is 19.1. The van der Waals surface area contributed by atoms with E-state index in [4.69, 9.17) is 0 Å². The fraction of sp³-hybridized carbons (Fsp3) is 0.143. The normalized spacial score (nSPS) is 11.0. The molecule has 1 aromatic carbocycles. The van der Waals surface area contributed by atoms with Crippen LogP contribution in [0.1, 0.15) is 22.5 Å². The summed E-state index contributed by atoms with van der Waals surface area (Å²) in [7, 11) is 0. The average Bonchev–Trinajstić information content (AvgIpc) is 3.02. The van der Waals surface area contributed by atoms with E-state index in [1.54, 1.807) is 26.0 Å². The molecule has 0 aliphatic carbocycles. The Kier molecular flexibility index (Phi) is 4.04. The number of pyridine rings is 1. The number of aromatic amines is 1. The summed E-state index contributed by atoms with van der Waals surface area (Å²) in [5, 5.41) is 20.0. The van der Waals surface area contributed by atoms with Gasteiger partial charge in [-0.15, -0.1) is 0 Å². The number of aromatic nitrogens is 4. The second kappa shape index (κ2) is 6.43. The van der Waals surface area contributed by atoms with Crippen LogP contribution >= 0.6 is 0 Å². The molecule has 0 aliphatic heterocycles. The minimum absolute atomic E-state index is 0.108. The molecule has 28 heavy (non-hydrogen) atoms. The summed E-state index contributed by atoms with van der Waals surface area (Å²) in [6.45, 7) is 5.37. The molecule has 6 nitrogen and oxygen atoms in total. The minimum atomic E-state index is -0.580. The molecule has 0 saturated heterocycles. The third-order valence-corrected chi connectivity index (χ3v) is 4.86. The summed E-state index contributed by atoms with van der Waals surface area (Å²) in [5.41, 5.74) is 3.70. The average molecular weight is 373 g/mol. The quantitative estimate of drug-likeness (QED) is 0.545. The number of aryl methyl sites for hydroxylation is 2. The monoisotopic (exact) mass is 373 g/mol. The number of nitriles is 1. The highest BCUT2D eigenvalue weighted by Crippen LogP contribution is 2.38. The van der Waals surface area contributed by atoms with Crippen LogP contribution in [0.5, 0.6) is 5.75 Å². The molecule has 0 amide bonds. The zero-order valence-electron chi connectivity index (χ0n) is 15.5. The number of hydrogen-bond donors (Lipinski definition) is 2. The van der Waals surface area contributed by atoms with Gasteiger partial charge in [0.05, 0.1) is 16.6 Å². The Hall–Kier alpha value is -3.79. The fourth-order valence-electron chi connectivity index (χ4n) is 3.39. The first kappa shape index (κ1) is 17.6. The molecule has 3 heterocycles. The van der Waals surface area contributed by atoms with Gasteiger partial charge in [0, 0.05) is 29.7 Å². The van der Waals surface area contributed by atoms with Crippen LogP contribution in [0.4, 0.5) is 4.39 Å². The van der Waals surface area contributed by atoms with E-state index >= 15 is 4.39 Å². The van der Waals surface area contributed by atoms with Crippen molar-refractivity contribution < 1.29 is 9.50 Å². The van der Waals surface area contributed by atoms with E-state index in [-0.39, 0.29) is 28.0 Å². The number of nitrogens with one attached hydrogen (secondary N) is 1. The van der Waals surface area contributed by atoms with Gasteiger partial charge in [-0.05, 0) is 43.5 Å². The number of hydrogen-bond acceptors (Lipinski definition) is 5. The first-order valence-corrected chi connectivity index (χ1v) is 8.61. The molecule has 4 rings (SSSR count). The van der Waals surface area contributed by atoms with Gasteiger partial charge in [-0.25, -0.2) is 19.3 Å². The lowest BCUT2D eigenvalue weighted by molar-refractivity contribution is 0.471. The second-order valence-electron chi connectivity index (χ2n) is 6.62. The third kappa shape index (κ3) is 2.58. The van der Waals surface area contributed by atoms with Crippen LogP contribution < -0.4 is 0 Å². The Balaban J connectivity index is 2.03. The van der Waals surface area contributed by atoms with Crippen molar-refractivity contribution >= 4 is 11.0 Å². The number of benzene rings is 1. The third-order valence-electron chi connectivity index (χ3n) is 4.86. The van der Waals surface area contributed by atoms with Crippen molar-refractivity contribution in [3.8, 4) is 34.2 Å². The van der Waals surface area contributed by atoms with E-state index in [1.165, 1.54) is 18.6 Å². The van der Waals surface area contributed by atoms with Crippen LogP contribution in [-0.4, -0.2) is 25.0 Å². The molecule has 0 atom stereocenters. The summed E-state index contributed by atoms with van der Waals surface area (Å²) in [4.78, 5) is 15.5. The Morgan fingerprint density at radius 3 is 2.46 bits per heavy atom. The number of H-pyrrole nitrogens is 1. The Bertz CT molecular complexity index is 1270. The molecule has 0 aliphatic rings. The standard InChI is InChI=1S/C21H16FN5O/c1-10-4-5-16(28)11(2)17(10)15-9-26-21-18(14(15)6-23)19(22)20(27-21)13-7-24-12(3)25-8-13/h4-5,7-9,28H,1-3H3,(H,26,27). The van der Waals surface area contributed by atoms with Crippen molar-refractivity contribution in [3.05, 3.63) is 59.1 Å². The van der Waals surface area contributed by atoms with Crippen molar-refractivity contribution in [2.24, 2.45) is 0 Å². The van der Waals surface area contributed by atoms with Gasteiger partial charge in [-0.1, -0.05) is 6.07 Å². The minimum Gasteiger partial charge on any atom is -0.508 e. The zero-order valence-corrected chi connectivity index (χ0v) is 15.5. The molecule has 4 aromatic rings. The first-order valence-electron chi connectivity index (χ1n) is 8.61. The van der Waals surface area contributed by atoms with E-state index < -0.39 is 5.82 Å². The first-order chi connectivity index (χ1) is 13.4. The SMILES string of the molecule is Cc1ncc(-c2[nH]c3ncc(-c4c(C)ccc(O)c4C)c(C#N)c3c2F)cn1. The largest absolute Gasteiger partial charge is 0.508 e. The van der Waals surface area contributed by atoms with Crippen LogP contribution in [0.25, 0.3) is 33.4 Å².